The highest BCUT2D eigenvalue weighted by Crippen LogP contribution is 2.33. The fraction of sp³-hybridized carbons (Fsp3) is 0.130. The lowest BCUT2D eigenvalue weighted by atomic mass is 10.0. The third-order valence-corrected chi connectivity index (χ3v) is 4.76. The molecule has 0 amide bonds. The van der Waals surface area contributed by atoms with Crippen molar-refractivity contribution in [2.75, 3.05) is 0 Å². The number of nitrogens with zero attached hydrogens (tertiary/aromatic N) is 2. The molecule has 4 aromatic carbocycles. The Balaban J connectivity index is 1.84. The van der Waals surface area contributed by atoms with E-state index in [4.69, 9.17) is 0 Å². The summed E-state index contributed by atoms with van der Waals surface area (Å²) < 4.78 is 0. The van der Waals surface area contributed by atoms with Crippen LogP contribution >= 0.6 is 0 Å². The first-order chi connectivity index (χ1) is 12.3. The van der Waals surface area contributed by atoms with Gasteiger partial charge in [-0.05, 0) is 47.4 Å². The van der Waals surface area contributed by atoms with Gasteiger partial charge in [0.1, 0.15) is 0 Å². The van der Waals surface area contributed by atoms with Crippen molar-refractivity contribution in [1.82, 2.24) is 0 Å². The molecule has 2 heteroatoms. The van der Waals surface area contributed by atoms with Gasteiger partial charge in [0.05, 0.1) is 11.4 Å². The summed E-state index contributed by atoms with van der Waals surface area (Å²) in [5.41, 5.74) is 4.42. The molecule has 4 rings (SSSR count). The van der Waals surface area contributed by atoms with Gasteiger partial charge in [-0.3, -0.25) is 0 Å². The summed E-state index contributed by atoms with van der Waals surface area (Å²) in [7, 11) is 0. The number of hydrogen-bond acceptors (Lipinski definition) is 2. The van der Waals surface area contributed by atoms with Gasteiger partial charge in [0, 0.05) is 10.8 Å². The highest BCUT2D eigenvalue weighted by Gasteiger charge is 2.05. The first-order valence-electron chi connectivity index (χ1n) is 8.68. The normalized spacial score (nSPS) is 11.6. The zero-order valence-corrected chi connectivity index (χ0v) is 14.5. The van der Waals surface area contributed by atoms with Gasteiger partial charge in [-0.25, -0.2) is 0 Å². The Kier molecular flexibility index (Phi) is 4.02. The standard InChI is InChI=1S/C23H20N2/c1-3-17-13-15-23(21-11-7-5-9-19(17)21)25-24-22-14-12-16(2)18-8-4-6-10-20(18)22/h4-15H,3H2,1-2H3. The quantitative estimate of drug-likeness (QED) is 0.354. The zero-order chi connectivity index (χ0) is 17.2. The third kappa shape index (κ3) is 2.80. The van der Waals surface area contributed by atoms with Gasteiger partial charge in [-0.1, -0.05) is 67.6 Å². The van der Waals surface area contributed by atoms with Gasteiger partial charge < -0.3 is 0 Å². The molecule has 0 N–H and O–H groups in total. The Morgan fingerprint density at radius 1 is 0.600 bits per heavy atom. The van der Waals surface area contributed by atoms with Crippen LogP contribution in [-0.4, -0.2) is 0 Å². The van der Waals surface area contributed by atoms with Crippen molar-refractivity contribution in [3.8, 4) is 0 Å². The van der Waals surface area contributed by atoms with Crippen molar-refractivity contribution in [1.29, 1.82) is 0 Å². The van der Waals surface area contributed by atoms with E-state index in [2.05, 4.69) is 84.7 Å². The maximum atomic E-state index is 4.58. The number of benzene rings is 4. The van der Waals surface area contributed by atoms with Crippen LogP contribution in [0.2, 0.25) is 0 Å². The molecule has 0 bridgehead atoms. The van der Waals surface area contributed by atoms with E-state index in [1.807, 2.05) is 12.1 Å². The Labute approximate surface area is 147 Å². The van der Waals surface area contributed by atoms with Crippen LogP contribution in [0.5, 0.6) is 0 Å². The molecule has 0 atom stereocenters. The monoisotopic (exact) mass is 324 g/mol. The highest BCUT2D eigenvalue weighted by atomic mass is 15.1. The molecule has 0 fully saturated rings. The number of azo groups is 1. The predicted molar refractivity (Wildman–Crippen MR) is 106 cm³/mol. The van der Waals surface area contributed by atoms with Crippen molar-refractivity contribution in [2.24, 2.45) is 10.2 Å². The Hall–Kier alpha value is -3.00. The average Bonchev–Trinajstić information content (AvgIpc) is 2.67. The van der Waals surface area contributed by atoms with Gasteiger partial charge in [-0.2, -0.15) is 0 Å². The van der Waals surface area contributed by atoms with E-state index in [-0.39, 0.29) is 0 Å². The first kappa shape index (κ1) is 15.5. The van der Waals surface area contributed by atoms with Crippen LogP contribution in [0.3, 0.4) is 0 Å². The minimum Gasteiger partial charge on any atom is -0.150 e. The van der Waals surface area contributed by atoms with Gasteiger partial charge in [0.15, 0.2) is 0 Å². The zero-order valence-electron chi connectivity index (χ0n) is 14.5. The molecule has 0 unspecified atom stereocenters. The van der Waals surface area contributed by atoms with Crippen molar-refractivity contribution in [3.63, 3.8) is 0 Å². The second-order valence-electron chi connectivity index (χ2n) is 6.29. The summed E-state index contributed by atoms with van der Waals surface area (Å²) >= 11 is 0. The van der Waals surface area contributed by atoms with E-state index < -0.39 is 0 Å². The molecule has 0 radical (unpaired) electrons. The maximum Gasteiger partial charge on any atom is 0.0935 e. The molecule has 0 spiro atoms. The molecular weight excluding hydrogens is 304 g/mol. The highest BCUT2D eigenvalue weighted by molar-refractivity contribution is 5.96. The molecule has 0 saturated heterocycles. The summed E-state index contributed by atoms with van der Waals surface area (Å²) in [6, 6.07) is 25.1. The third-order valence-electron chi connectivity index (χ3n) is 4.76. The molecule has 4 aromatic rings. The minimum absolute atomic E-state index is 0.907. The molecule has 2 nitrogen and oxygen atoms in total. The smallest absolute Gasteiger partial charge is 0.0935 e. The number of hydrogen-bond donors (Lipinski definition) is 0. The lowest BCUT2D eigenvalue weighted by Crippen LogP contribution is -1.83. The molecule has 0 aliphatic heterocycles. The van der Waals surface area contributed by atoms with Crippen molar-refractivity contribution in [2.45, 2.75) is 20.3 Å². The van der Waals surface area contributed by atoms with Crippen LogP contribution in [-0.2, 0) is 6.42 Å². The first-order valence-corrected chi connectivity index (χ1v) is 8.68. The van der Waals surface area contributed by atoms with Crippen LogP contribution in [0.15, 0.2) is 83.0 Å². The van der Waals surface area contributed by atoms with Crippen molar-refractivity contribution < 1.29 is 0 Å². The van der Waals surface area contributed by atoms with Crippen LogP contribution in [0.1, 0.15) is 18.1 Å². The van der Waals surface area contributed by atoms with Crippen LogP contribution in [0, 0.1) is 6.92 Å². The van der Waals surface area contributed by atoms with Gasteiger partial charge >= 0.3 is 0 Å². The fourth-order valence-corrected chi connectivity index (χ4v) is 3.37. The molecule has 0 aromatic heterocycles. The Morgan fingerprint density at radius 2 is 1.12 bits per heavy atom. The second-order valence-corrected chi connectivity index (χ2v) is 6.29. The summed E-state index contributed by atoms with van der Waals surface area (Å²) in [6.07, 6.45) is 1.01. The maximum absolute atomic E-state index is 4.58. The lowest BCUT2D eigenvalue weighted by Gasteiger charge is -2.07. The summed E-state index contributed by atoms with van der Waals surface area (Å²) in [5.74, 6) is 0. The molecule has 0 aliphatic carbocycles. The van der Waals surface area contributed by atoms with Crippen molar-refractivity contribution in [3.05, 3.63) is 83.9 Å². The van der Waals surface area contributed by atoms with E-state index in [9.17, 15) is 0 Å². The number of fused-ring (bicyclic) bond motifs is 2. The SMILES string of the molecule is CCc1ccc(N=Nc2ccc(C)c3ccccc23)c2ccccc12. The molecule has 25 heavy (non-hydrogen) atoms. The largest absolute Gasteiger partial charge is 0.150 e. The Bertz CT molecular complexity index is 1090. The van der Waals surface area contributed by atoms with Gasteiger partial charge in [0.25, 0.3) is 0 Å². The van der Waals surface area contributed by atoms with E-state index >= 15 is 0 Å². The fourth-order valence-electron chi connectivity index (χ4n) is 3.37. The Morgan fingerprint density at radius 3 is 1.76 bits per heavy atom. The van der Waals surface area contributed by atoms with Crippen LogP contribution in [0.4, 0.5) is 11.4 Å². The van der Waals surface area contributed by atoms with Crippen molar-refractivity contribution >= 4 is 32.9 Å². The average molecular weight is 324 g/mol. The van der Waals surface area contributed by atoms with E-state index in [0.717, 1.165) is 28.6 Å². The van der Waals surface area contributed by atoms with E-state index in [1.165, 1.54) is 21.9 Å². The number of aryl methyl sites for hydroxylation is 2. The molecule has 0 saturated carbocycles. The second kappa shape index (κ2) is 6.48. The molecule has 0 heterocycles. The van der Waals surface area contributed by atoms with Crippen LogP contribution in [0.25, 0.3) is 21.5 Å². The molecule has 0 aliphatic rings. The summed E-state index contributed by atoms with van der Waals surface area (Å²) in [5, 5.41) is 13.9. The van der Waals surface area contributed by atoms with Crippen LogP contribution < -0.4 is 0 Å². The lowest BCUT2D eigenvalue weighted by molar-refractivity contribution is 1.16. The number of rotatable bonds is 3. The predicted octanol–water partition coefficient (Wildman–Crippen LogP) is 7.28. The summed E-state index contributed by atoms with van der Waals surface area (Å²) in [4.78, 5) is 0. The minimum atomic E-state index is 0.907. The summed E-state index contributed by atoms with van der Waals surface area (Å²) in [6.45, 7) is 4.31. The van der Waals surface area contributed by atoms with E-state index in [1.54, 1.807) is 0 Å². The van der Waals surface area contributed by atoms with Gasteiger partial charge in [-0.15, -0.1) is 10.2 Å². The van der Waals surface area contributed by atoms with E-state index in [0.29, 0.717) is 0 Å². The van der Waals surface area contributed by atoms with Gasteiger partial charge in [0.2, 0.25) is 0 Å². The topological polar surface area (TPSA) is 24.7 Å². The molecule has 122 valence electrons. The molecular formula is C23H20N2.